The Hall–Kier alpha value is -0.560. The van der Waals surface area contributed by atoms with E-state index in [0.29, 0.717) is 5.56 Å². The molecule has 0 saturated carbocycles. The summed E-state index contributed by atoms with van der Waals surface area (Å²) in [6.07, 6.45) is 0. The first-order valence-electron chi connectivity index (χ1n) is 2.54. The number of hydrogen-bond acceptors (Lipinski definition) is 0. The van der Waals surface area contributed by atoms with Crippen LogP contribution in [0.2, 0.25) is 5.02 Å². The maximum Gasteiger partial charge on any atom is 0.142 e. The third-order valence-electron chi connectivity index (χ3n) is 1.07. The summed E-state index contributed by atoms with van der Waals surface area (Å²) in [5, 5.41) is 0.164. The first-order chi connectivity index (χ1) is 4.22. The highest BCUT2D eigenvalue weighted by Crippen LogP contribution is 2.17. The third kappa shape index (κ3) is 1.22. The lowest BCUT2D eigenvalue weighted by Gasteiger charge is -1.94. The standard InChI is InChI=1S/C7H5ClF/c1-5-3-2-4-6(9)7(5)8/h2,4H,1H3. The molecule has 0 fully saturated rings. The predicted octanol–water partition coefficient (Wildman–Crippen LogP) is 2.59. The van der Waals surface area contributed by atoms with Crippen molar-refractivity contribution in [3.8, 4) is 0 Å². The quantitative estimate of drug-likeness (QED) is 0.524. The Morgan fingerprint density at radius 1 is 1.67 bits per heavy atom. The summed E-state index contributed by atoms with van der Waals surface area (Å²) in [6, 6.07) is 5.57. The molecule has 0 aliphatic carbocycles. The molecule has 1 rings (SSSR count). The van der Waals surface area contributed by atoms with Gasteiger partial charge < -0.3 is 0 Å². The minimum atomic E-state index is -0.382. The van der Waals surface area contributed by atoms with Gasteiger partial charge in [-0.05, 0) is 24.6 Å². The van der Waals surface area contributed by atoms with Gasteiger partial charge in [0.05, 0.1) is 5.02 Å². The molecule has 0 aliphatic heterocycles. The van der Waals surface area contributed by atoms with Crippen LogP contribution >= 0.6 is 11.6 Å². The average Bonchev–Trinajstić information content (AvgIpc) is 1.83. The maximum absolute atomic E-state index is 12.4. The summed E-state index contributed by atoms with van der Waals surface area (Å²) < 4.78 is 12.4. The lowest BCUT2D eigenvalue weighted by molar-refractivity contribution is 0.627. The molecule has 0 N–H and O–H groups in total. The van der Waals surface area contributed by atoms with Crippen LogP contribution in [-0.4, -0.2) is 0 Å². The topological polar surface area (TPSA) is 0 Å². The van der Waals surface area contributed by atoms with Gasteiger partial charge in [0.25, 0.3) is 0 Å². The number of aryl methyl sites for hydroxylation is 1. The molecular formula is C7H5ClF. The van der Waals surface area contributed by atoms with Gasteiger partial charge in [-0.15, -0.1) is 0 Å². The highest BCUT2D eigenvalue weighted by molar-refractivity contribution is 6.31. The number of hydrogen-bond donors (Lipinski definition) is 0. The molecule has 0 saturated heterocycles. The van der Waals surface area contributed by atoms with Crippen molar-refractivity contribution in [2.45, 2.75) is 6.92 Å². The minimum absolute atomic E-state index is 0.164. The van der Waals surface area contributed by atoms with Crippen LogP contribution in [0.15, 0.2) is 12.1 Å². The zero-order chi connectivity index (χ0) is 6.85. The molecule has 1 radical (unpaired) electrons. The molecule has 0 nitrogen and oxygen atoms in total. The van der Waals surface area contributed by atoms with Crippen molar-refractivity contribution in [1.82, 2.24) is 0 Å². The van der Waals surface area contributed by atoms with E-state index >= 15 is 0 Å². The van der Waals surface area contributed by atoms with E-state index in [9.17, 15) is 4.39 Å². The van der Waals surface area contributed by atoms with E-state index < -0.39 is 0 Å². The van der Waals surface area contributed by atoms with Crippen LogP contribution in [-0.2, 0) is 0 Å². The molecule has 0 heterocycles. The molecule has 2 heteroatoms. The lowest BCUT2D eigenvalue weighted by Crippen LogP contribution is -1.79. The highest BCUT2D eigenvalue weighted by atomic mass is 35.5. The van der Waals surface area contributed by atoms with Crippen LogP contribution in [0.3, 0.4) is 0 Å². The van der Waals surface area contributed by atoms with Crippen molar-refractivity contribution in [1.29, 1.82) is 0 Å². The van der Waals surface area contributed by atoms with Gasteiger partial charge in [0.2, 0.25) is 0 Å². The second-order valence-electron chi connectivity index (χ2n) is 1.76. The number of rotatable bonds is 0. The Morgan fingerprint density at radius 2 is 2.33 bits per heavy atom. The van der Waals surface area contributed by atoms with Crippen molar-refractivity contribution < 1.29 is 4.39 Å². The molecule has 0 aromatic heterocycles. The zero-order valence-corrected chi connectivity index (χ0v) is 5.67. The highest BCUT2D eigenvalue weighted by Gasteiger charge is 1.98. The third-order valence-corrected chi connectivity index (χ3v) is 1.53. The van der Waals surface area contributed by atoms with Crippen molar-refractivity contribution >= 4 is 11.6 Å². The predicted molar refractivity (Wildman–Crippen MR) is 35.0 cm³/mol. The molecule has 0 bridgehead atoms. The van der Waals surface area contributed by atoms with Crippen molar-refractivity contribution in [3.63, 3.8) is 0 Å². The Kier molecular flexibility index (Phi) is 1.72. The Bertz CT molecular complexity index is 200. The van der Waals surface area contributed by atoms with Crippen LogP contribution < -0.4 is 0 Å². The smallest absolute Gasteiger partial charge is 0.142 e. The molecule has 1 aromatic carbocycles. The summed E-state index contributed by atoms with van der Waals surface area (Å²) in [6.45, 7) is 1.71. The molecule has 9 heavy (non-hydrogen) atoms. The molecular weight excluding hydrogens is 139 g/mol. The molecule has 1 aromatic rings. The summed E-state index contributed by atoms with van der Waals surface area (Å²) in [5.41, 5.74) is 0.650. The molecule has 0 aliphatic rings. The normalized spacial score (nSPS) is 9.67. The van der Waals surface area contributed by atoms with Crippen LogP contribution in [0.4, 0.5) is 4.39 Å². The van der Waals surface area contributed by atoms with Crippen LogP contribution in [0, 0.1) is 18.8 Å². The van der Waals surface area contributed by atoms with Gasteiger partial charge in [0, 0.05) is 0 Å². The monoisotopic (exact) mass is 143 g/mol. The van der Waals surface area contributed by atoms with Gasteiger partial charge in [-0.1, -0.05) is 17.7 Å². The number of halogens is 2. The molecule has 0 unspecified atom stereocenters. The summed E-state index contributed by atoms with van der Waals surface area (Å²) in [4.78, 5) is 0. The summed E-state index contributed by atoms with van der Waals surface area (Å²) >= 11 is 5.47. The Labute approximate surface area is 58.3 Å². The van der Waals surface area contributed by atoms with Crippen LogP contribution in [0.1, 0.15) is 5.56 Å². The molecule has 47 valence electrons. The van der Waals surface area contributed by atoms with Gasteiger partial charge in [0.15, 0.2) is 0 Å². The summed E-state index contributed by atoms with van der Waals surface area (Å²) in [7, 11) is 0. The lowest BCUT2D eigenvalue weighted by atomic mass is 10.2. The van der Waals surface area contributed by atoms with Crippen molar-refractivity contribution in [2.24, 2.45) is 0 Å². The Morgan fingerprint density at radius 3 is 2.78 bits per heavy atom. The molecule has 0 spiro atoms. The van der Waals surface area contributed by atoms with Gasteiger partial charge >= 0.3 is 0 Å². The van der Waals surface area contributed by atoms with E-state index in [2.05, 4.69) is 6.07 Å². The van der Waals surface area contributed by atoms with Gasteiger partial charge in [-0.25, -0.2) is 4.39 Å². The van der Waals surface area contributed by atoms with Crippen molar-refractivity contribution in [2.75, 3.05) is 0 Å². The maximum atomic E-state index is 12.4. The van der Waals surface area contributed by atoms with E-state index in [1.165, 1.54) is 12.1 Å². The Balaban J connectivity index is 3.25. The largest absolute Gasteiger partial charge is 0.205 e. The van der Waals surface area contributed by atoms with E-state index in [-0.39, 0.29) is 10.8 Å². The summed E-state index contributed by atoms with van der Waals surface area (Å²) in [5.74, 6) is -0.382. The van der Waals surface area contributed by atoms with E-state index in [4.69, 9.17) is 11.6 Å². The molecule has 0 amide bonds. The van der Waals surface area contributed by atoms with Crippen molar-refractivity contribution in [3.05, 3.63) is 34.6 Å². The van der Waals surface area contributed by atoms with Gasteiger partial charge in [-0.3, -0.25) is 0 Å². The fraction of sp³-hybridized carbons (Fsp3) is 0.143. The van der Waals surface area contributed by atoms with E-state index in [1.54, 1.807) is 6.92 Å². The zero-order valence-electron chi connectivity index (χ0n) is 4.91. The van der Waals surface area contributed by atoms with E-state index in [1.807, 2.05) is 0 Å². The van der Waals surface area contributed by atoms with E-state index in [0.717, 1.165) is 0 Å². The fourth-order valence-corrected chi connectivity index (χ4v) is 0.673. The van der Waals surface area contributed by atoms with Crippen LogP contribution in [0.5, 0.6) is 0 Å². The number of benzene rings is 1. The van der Waals surface area contributed by atoms with Gasteiger partial charge in [-0.2, -0.15) is 0 Å². The fourth-order valence-electron chi connectivity index (χ4n) is 0.555. The SMILES string of the molecule is Cc1[c]ccc(F)c1Cl. The minimum Gasteiger partial charge on any atom is -0.205 e. The van der Waals surface area contributed by atoms with Crippen LogP contribution in [0.25, 0.3) is 0 Å². The first-order valence-corrected chi connectivity index (χ1v) is 2.92. The van der Waals surface area contributed by atoms with Gasteiger partial charge in [0.1, 0.15) is 5.82 Å². The first kappa shape index (κ1) is 6.56. The second-order valence-corrected chi connectivity index (χ2v) is 2.14. The molecule has 0 atom stereocenters. The average molecular weight is 144 g/mol. The second kappa shape index (κ2) is 2.36.